The first-order chi connectivity index (χ1) is 6.93. The first kappa shape index (κ1) is 11.3. The zero-order valence-corrected chi connectivity index (χ0v) is 8.91. The van der Waals surface area contributed by atoms with Crippen molar-refractivity contribution in [2.45, 2.75) is 19.4 Å². The van der Waals surface area contributed by atoms with Crippen LogP contribution in [0.2, 0.25) is 0 Å². The van der Waals surface area contributed by atoms with Crippen LogP contribution in [0, 0.1) is 0 Å². The molecule has 0 bridgehead atoms. The Hall–Kier alpha value is -0.790. The molecule has 0 spiro atoms. The van der Waals surface area contributed by atoms with Crippen LogP contribution in [0.3, 0.4) is 0 Å². The van der Waals surface area contributed by atoms with E-state index < -0.39 is 0 Å². The molecule has 0 N–H and O–H groups in total. The lowest BCUT2D eigenvalue weighted by molar-refractivity contribution is 0.119. The van der Waals surface area contributed by atoms with Gasteiger partial charge < -0.3 is 4.74 Å². The van der Waals surface area contributed by atoms with Crippen molar-refractivity contribution in [1.82, 2.24) is 0 Å². The fraction of sp³-hybridized carbons (Fsp3) is 0.333. The zero-order valence-electron chi connectivity index (χ0n) is 8.16. The highest BCUT2D eigenvalue weighted by molar-refractivity contribution is 6.25. The van der Waals surface area contributed by atoms with Crippen molar-refractivity contribution in [3.8, 4) is 0 Å². The van der Waals surface area contributed by atoms with Crippen LogP contribution >= 0.6 is 11.6 Å². The molecule has 0 aliphatic heterocycles. The van der Waals surface area contributed by atoms with Crippen LogP contribution in [-0.4, -0.2) is 6.61 Å². The highest BCUT2D eigenvalue weighted by Crippen LogP contribution is 2.01. The maximum absolute atomic E-state index is 5.49. The minimum absolute atomic E-state index is 0.700. The number of halogens is 1. The van der Waals surface area contributed by atoms with E-state index in [1.54, 1.807) is 5.54 Å². The van der Waals surface area contributed by atoms with Gasteiger partial charge in [0.15, 0.2) is 0 Å². The van der Waals surface area contributed by atoms with Crippen LogP contribution < -0.4 is 0 Å². The maximum atomic E-state index is 5.49. The van der Waals surface area contributed by atoms with Gasteiger partial charge >= 0.3 is 0 Å². The van der Waals surface area contributed by atoms with E-state index in [0.29, 0.717) is 6.61 Å². The minimum atomic E-state index is 0.700. The average molecular weight is 211 g/mol. The molecule has 76 valence electrons. The third kappa shape index (κ3) is 5.05. The molecule has 0 amide bonds. The quantitative estimate of drug-likeness (QED) is 0.650. The van der Waals surface area contributed by atoms with Crippen molar-refractivity contribution in [2.75, 3.05) is 6.61 Å². The topological polar surface area (TPSA) is 9.23 Å². The number of rotatable bonds is 6. The molecule has 1 rings (SSSR count). The van der Waals surface area contributed by atoms with Crippen LogP contribution in [0.25, 0.3) is 0 Å². The molecule has 0 atom stereocenters. The normalized spacial score (nSPS) is 10.9. The van der Waals surface area contributed by atoms with Gasteiger partial charge in [-0.3, -0.25) is 0 Å². The summed E-state index contributed by atoms with van der Waals surface area (Å²) >= 11 is 5.39. The Kier molecular flexibility index (Phi) is 6.13. The minimum Gasteiger partial charge on any atom is -0.377 e. The first-order valence-corrected chi connectivity index (χ1v) is 5.24. The second-order valence-electron chi connectivity index (χ2n) is 3.04. The fourth-order valence-corrected chi connectivity index (χ4v) is 1.26. The van der Waals surface area contributed by atoms with Crippen LogP contribution in [0.1, 0.15) is 18.4 Å². The maximum Gasteiger partial charge on any atom is 0.0716 e. The lowest BCUT2D eigenvalue weighted by Crippen LogP contribution is -1.94. The number of allylic oxidation sites excluding steroid dienone is 1. The number of hydrogen-bond donors (Lipinski definition) is 0. The summed E-state index contributed by atoms with van der Waals surface area (Å²) in [4.78, 5) is 0. The second kappa shape index (κ2) is 7.60. The summed E-state index contributed by atoms with van der Waals surface area (Å²) in [5.74, 6) is 0. The van der Waals surface area contributed by atoms with Crippen molar-refractivity contribution in [3.63, 3.8) is 0 Å². The number of benzene rings is 1. The predicted octanol–water partition coefficient (Wildman–Crippen LogP) is 3.74. The van der Waals surface area contributed by atoms with Gasteiger partial charge in [0.25, 0.3) is 0 Å². The van der Waals surface area contributed by atoms with Gasteiger partial charge in [-0.1, -0.05) is 48.0 Å². The van der Waals surface area contributed by atoms with Crippen molar-refractivity contribution in [1.29, 1.82) is 0 Å². The number of ether oxygens (including phenoxy) is 1. The molecule has 0 aliphatic rings. The van der Waals surface area contributed by atoms with E-state index in [9.17, 15) is 0 Å². The molecule has 14 heavy (non-hydrogen) atoms. The van der Waals surface area contributed by atoms with Gasteiger partial charge in [0.2, 0.25) is 0 Å². The highest BCUT2D eigenvalue weighted by Gasteiger charge is 1.90. The second-order valence-corrected chi connectivity index (χ2v) is 3.29. The summed E-state index contributed by atoms with van der Waals surface area (Å²) < 4.78 is 5.49. The molecule has 0 saturated heterocycles. The molecule has 0 aromatic heterocycles. The number of unbranched alkanes of at least 4 members (excludes halogenated alkanes) is 1. The molecule has 1 aromatic rings. The van der Waals surface area contributed by atoms with Crippen LogP contribution in [0.5, 0.6) is 0 Å². The third-order valence-electron chi connectivity index (χ3n) is 1.86. The Morgan fingerprint density at radius 2 is 2.00 bits per heavy atom. The van der Waals surface area contributed by atoms with Gasteiger partial charge in [-0.15, -0.1) is 0 Å². The summed E-state index contributed by atoms with van der Waals surface area (Å²) in [5, 5.41) is 0. The lowest BCUT2D eigenvalue weighted by Gasteiger charge is -2.02. The molecule has 0 fully saturated rings. The molecular weight excluding hydrogens is 196 g/mol. The predicted molar refractivity (Wildman–Crippen MR) is 60.3 cm³/mol. The van der Waals surface area contributed by atoms with Gasteiger partial charge in [0.05, 0.1) is 6.61 Å². The first-order valence-electron chi connectivity index (χ1n) is 4.80. The van der Waals surface area contributed by atoms with Crippen molar-refractivity contribution in [2.24, 2.45) is 0 Å². The van der Waals surface area contributed by atoms with E-state index in [1.807, 2.05) is 24.3 Å². The van der Waals surface area contributed by atoms with Gasteiger partial charge in [0.1, 0.15) is 0 Å². The van der Waals surface area contributed by atoms with E-state index in [0.717, 1.165) is 19.4 Å². The standard InChI is InChI=1S/C12H15ClO/c13-9-5-2-6-10-14-11-12-7-3-1-4-8-12/h1,3-5,7-9H,2,6,10-11H2/b9-5+. The largest absolute Gasteiger partial charge is 0.377 e. The molecule has 0 aliphatic carbocycles. The van der Waals surface area contributed by atoms with E-state index >= 15 is 0 Å². The van der Waals surface area contributed by atoms with Crippen molar-refractivity contribution >= 4 is 11.6 Å². The van der Waals surface area contributed by atoms with E-state index in [2.05, 4.69) is 12.1 Å². The Morgan fingerprint density at radius 1 is 1.21 bits per heavy atom. The van der Waals surface area contributed by atoms with Gasteiger partial charge in [-0.25, -0.2) is 0 Å². The molecule has 1 nitrogen and oxygen atoms in total. The highest BCUT2D eigenvalue weighted by atomic mass is 35.5. The molecule has 1 aromatic carbocycles. The Morgan fingerprint density at radius 3 is 2.71 bits per heavy atom. The van der Waals surface area contributed by atoms with E-state index in [-0.39, 0.29) is 0 Å². The molecule has 0 heterocycles. The van der Waals surface area contributed by atoms with Crippen LogP contribution in [0.15, 0.2) is 41.9 Å². The van der Waals surface area contributed by atoms with Crippen LogP contribution in [-0.2, 0) is 11.3 Å². The van der Waals surface area contributed by atoms with Gasteiger partial charge in [-0.05, 0) is 18.4 Å². The Labute approximate surface area is 90.3 Å². The average Bonchev–Trinajstić information content (AvgIpc) is 2.25. The summed E-state index contributed by atoms with van der Waals surface area (Å²) in [6, 6.07) is 10.2. The fourth-order valence-electron chi connectivity index (χ4n) is 1.13. The number of hydrogen-bond acceptors (Lipinski definition) is 1. The van der Waals surface area contributed by atoms with Crippen molar-refractivity contribution in [3.05, 3.63) is 47.5 Å². The summed E-state index contributed by atoms with van der Waals surface area (Å²) in [5.41, 5.74) is 2.78. The summed E-state index contributed by atoms with van der Waals surface area (Å²) in [6.45, 7) is 1.49. The smallest absolute Gasteiger partial charge is 0.0716 e. The van der Waals surface area contributed by atoms with E-state index in [4.69, 9.17) is 16.3 Å². The van der Waals surface area contributed by atoms with Gasteiger partial charge in [-0.2, -0.15) is 0 Å². The Balaban J connectivity index is 2.05. The monoisotopic (exact) mass is 210 g/mol. The lowest BCUT2D eigenvalue weighted by atomic mass is 10.2. The van der Waals surface area contributed by atoms with E-state index in [1.165, 1.54) is 5.56 Å². The molecule has 0 saturated carbocycles. The summed E-state index contributed by atoms with van der Waals surface area (Å²) in [7, 11) is 0. The van der Waals surface area contributed by atoms with Crippen molar-refractivity contribution < 1.29 is 4.74 Å². The Bertz CT molecular complexity index is 256. The third-order valence-corrected chi connectivity index (χ3v) is 2.04. The zero-order chi connectivity index (χ0) is 10.1. The summed E-state index contributed by atoms with van der Waals surface area (Å²) in [6.07, 6.45) is 3.95. The van der Waals surface area contributed by atoms with Gasteiger partial charge in [0, 0.05) is 12.1 Å². The molecule has 0 radical (unpaired) electrons. The van der Waals surface area contributed by atoms with Crippen LogP contribution in [0.4, 0.5) is 0 Å². The molecule has 0 unspecified atom stereocenters. The molecular formula is C12H15ClO. The SMILES string of the molecule is Cl/C=C/CCCOCc1ccccc1. The molecule has 2 heteroatoms.